The summed E-state index contributed by atoms with van der Waals surface area (Å²) >= 11 is 0. The Morgan fingerprint density at radius 2 is 1.81 bits per heavy atom. The number of aromatic nitrogens is 2. The van der Waals surface area contributed by atoms with Crippen molar-refractivity contribution in [2.75, 3.05) is 0 Å². The standard InChI is InChI=1S/C18H15F3N4O2/c19-13-6-5-12(15(20)16(13)21)17(26)25-10-1-3-11(4-2-10)27-18-14(9-22)23-7-8-24-18/h5-8,10-11H,1-4H2,(H,25,26). The maximum absolute atomic E-state index is 13.7. The van der Waals surface area contributed by atoms with Gasteiger partial charge in [0, 0.05) is 18.4 Å². The number of benzene rings is 1. The lowest BCUT2D eigenvalue weighted by atomic mass is 9.92. The number of halogens is 3. The summed E-state index contributed by atoms with van der Waals surface area (Å²) in [6.07, 6.45) is 4.88. The van der Waals surface area contributed by atoms with Gasteiger partial charge in [-0.2, -0.15) is 5.26 Å². The molecule has 1 saturated carbocycles. The highest BCUT2D eigenvalue weighted by Crippen LogP contribution is 2.24. The molecular weight excluding hydrogens is 361 g/mol. The van der Waals surface area contributed by atoms with Crippen molar-refractivity contribution < 1.29 is 22.7 Å². The summed E-state index contributed by atoms with van der Waals surface area (Å²) < 4.78 is 45.6. The van der Waals surface area contributed by atoms with Crippen LogP contribution < -0.4 is 10.1 Å². The predicted octanol–water partition coefficient (Wildman–Crippen LogP) is 2.89. The SMILES string of the molecule is N#Cc1nccnc1OC1CCC(NC(=O)c2ccc(F)c(F)c2F)CC1. The molecule has 6 nitrogen and oxygen atoms in total. The lowest BCUT2D eigenvalue weighted by Gasteiger charge is -2.29. The summed E-state index contributed by atoms with van der Waals surface area (Å²) in [6, 6.07) is 3.28. The summed E-state index contributed by atoms with van der Waals surface area (Å²) in [5.41, 5.74) is -0.438. The molecule has 1 aliphatic carbocycles. The molecule has 140 valence electrons. The number of carbonyl (C=O) groups excluding carboxylic acids is 1. The lowest BCUT2D eigenvalue weighted by molar-refractivity contribution is 0.0884. The zero-order chi connectivity index (χ0) is 19.4. The molecule has 1 fully saturated rings. The summed E-state index contributed by atoms with van der Waals surface area (Å²) in [6.45, 7) is 0. The maximum Gasteiger partial charge on any atom is 0.254 e. The van der Waals surface area contributed by atoms with Crippen molar-refractivity contribution in [1.29, 1.82) is 5.26 Å². The van der Waals surface area contributed by atoms with Crippen LogP contribution in [0.2, 0.25) is 0 Å². The van der Waals surface area contributed by atoms with Gasteiger partial charge in [0.2, 0.25) is 5.69 Å². The molecule has 1 N–H and O–H groups in total. The Labute approximate surface area is 153 Å². The summed E-state index contributed by atoms with van der Waals surface area (Å²) in [7, 11) is 0. The van der Waals surface area contributed by atoms with Gasteiger partial charge in [-0.25, -0.2) is 23.1 Å². The first kappa shape index (κ1) is 18.6. The number of carbonyl (C=O) groups is 1. The van der Waals surface area contributed by atoms with Crippen LogP contribution in [-0.2, 0) is 0 Å². The van der Waals surface area contributed by atoms with Crippen molar-refractivity contribution >= 4 is 5.91 Å². The zero-order valence-electron chi connectivity index (χ0n) is 14.1. The van der Waals surface area contributed by atoms with E-state index in [9.17, 15) is 18.0 Å². The molecule has 0 saturated heterocycles. The molecule has 1 aromatic heterocycles. The quantitative estimate of drug-likeness (QED) is 0.829. The van der Waals surface area contributed by atoms with E-state index in [-0.39, 0.29) is 23.7 Å². The number of nitrogens with one attached hydrogen (secondary N) is 1. The monoisotopic (exact) mass is 376 g/mol. The molecule has 2 aromatic rings. The number of hydrogen-bond donors (Lipinski definition) is 1. The lowest BCUT2D eigenvalue weighted by Crippen LogP contribution is -2.40. The minimum atomic E-state index is -1.67. The minimum Gasteiger partial charge on any atom is -0.472 e. The number of nitriles is 1. The molecule has 0 unspecified atom stereocenters. The zero-order valence-corrected chi connectivity index (χ0v) is 14.1. The fourth-order valence-corrected chi connectivity index (χ4v) is 2.94. The van der Waals surface area contributed by atoms with Crippen LogP contribution in [0.4, 0.5) is 13.2 Å². The number of amides is 1. The number of rotatable bonds is 4. The highest BCUT2D eigenvalue weighted by atomic mass is 19.2. The van der Waals surface area contributed by atoms with Crippen LogP contribution >= 0.6 is 0 Å². The molecule has 1 heterocycles. The molecule has 0 radical (unpaired) electrons. The van der Waals surface area contributed by atoms with Crippen molar-refractivity contribution in [3.8, 4) is 11.9 Å². The van der Waals surface area contributed by atoms with E-state index in [1.165, 1.54) is 12.4 Å². The Morgan fingerprint density at radius 3 is 2.52 bits per heavy atom. The van der Waals surface area contributed by atoms with Gasteiger partial charge in [-0.3, -0.25) is 4.79 Å². The van der Waals surface area contributed by atoms with Crippen molar-refractivity contribution in [2.24, 2.45) is 0 Å². The van der Waals surface area contributed by atoms with Crippen molar-refractivity contribution in [2.45, 2.75) is 37.8 Å². The van der Waals surface area contributed by atoms with Gasteiger partial charge < -0.3 is 10.1 Å². The summed E-state index contributed by atoms with van der Waals surface area (Å²) in [4.78, 5) is 20.0. The Morgan fingerprint density at radius 1 is 1.11 bits per heavy atom. The molecule has 0 spiro atoms. The van der Waals surface area contributed by atoms with Gasteiger partial charge >= 0.3 is 0 Å². The van der Waals surface area contributed by atoms with Crippen LogP contribution in [-0.4, -0.2) is 28.0 Å². The minimum absolute atomic E-state index is 0.0988. The molecular formula is C18H15F3N4O2. The van der Waals surface area contributed by atoms with Gasteiger partial charge in [0.1, 0.15) is 12.2 Å². The van der Waals surface area contributed by atoms with Crippen LogP contribution in [0.3, 0.4) is 0 Å². The number of hydrogen-bond acceptors (Lipinski definition) is 5. The Hall–Kier alpha value is -3.15. The van der Waals surface area contributed by atoms with Crippen molar-refractivity contribution in [3.63, 3.8) is 0 Å². The fourth-order valence-electron chi connectivity index (χ4n) is 2.94. The van der Waals surface area contributed by atoms with Crippen LogP contribution in [0.5, 0.6) is 5.88 Å². The predicted molar refractivity (Wildman–Crippen MR) is 87.2 cm³/mol. The molecule has 1 amide bonds. The van der Waals surface area contributed by atoms with Crippen LogP contribution in [0.15, 0.2) is 24.5 Å². The summed E-state index contributed by atoms with van der Waals surface area (Å²) in [5.74, 6) is -5.15. The average molecular weight is 376 g/mol. The van der Waals surface area contributed by atoms with Crippen LogP contribution in [0.1, 0.15) is 41.7 Å². The third kappa shape index (κ3) is 4.16. The Bertz CT molecular complexity index is 893. The topological polar surface area (TPSA) is 87.9 Å². The second-order valence-corrected chi connectivity index (χ2v) is 6.11. The fraction of sp³-hybridized carbons (Fsp3) is 0.333. The average Bonchev–Trinajstić information content (AvgIpc) is 2.68. The van der Waals surface area contributed by atoms with Crippen molar-refractivity contribution in [1.82, 2.24) is 15.3 Å². The Balaban J connectivity index is 1.56. The molecule has 3 rings (SSSR count). The number of ether oxygens (including phenoxy) is 1. The van der Waals surface area contributed by atoms with E-state index in [2.05, 4.69) is 15.3 Å². The van der Waals surface area contributed by atoms with Gasteiger partial charge in [-0.05, 0) is 37.8 Å². The highest BCUT2D eigenvalue weighted by Gasteiger charge is 2.26. The van der Waals surface area contributed by atoms with Gasteiger partial charge in [0.25, 0.3) is 11.8 Å². The van der Waals surface area contributed by atoms with Crippen molar-refractivity contribution in [3.05, 3.63) is 53.2 Å². The number of nitrogens with zero attached hydrogens (tertiary/aromatic N) is 3. The largest absolute Gasteiger partial charge is 0.472 e. The maximum atomic E-state index is 13.7. The molecule has 1 aromatic carbocycles. The molecule has 0 bridgehead atoms. The molecule has 0 aliphatic heterocycles. The third-order valence-corrected chi connectivity index (χ3v) is 4.34. The van der Waals surface area contributed by atoms with E-state index in [1.54, 1.807) is 0 Å². The smallest absolute Gasteiger partial charge is 0.254 e. The van der Waals surface area contributed by atoms with Gasteiger partial charge in [0.15, 0.2) is 17.5 Å². The van der Waals surface area contributed by atoms with E-state index in [1.807, 2.05) is 6.07 Å². The molecule has 9 heteroatoms. The first-order valence-electron chi connectivity index (χ1n) is 8.31. The molecule has 0 atom stereocenters. The van der Waals surface area contributed by atoms with Crippen LogP contribution in [0, 0.1) is 28.8 Å². The van der Waals surface area contributed by atoms with Crippen LogP contribution in [0.25, 0.3) is 0 Å². The van der Waals surface area contributed by atoms with Gasteiger partial charge in [0.05, 0.1) is 5.56 Å². The third-order valence-electron chi connectivity index (χ3n) is 4.34. The van der Waals surface area contributed by atoms with Gasteiger partial charge in [-0.1, -0.05) is 0 Å². The second kappa shape index (κ2) is 8.03. The van der Waals surface area contributed by atoms with E-state index < -0.39 is 28.9 Å². The normalized spacial score (nSPS) is 19.2. The van der Waals surface area contributed by atoms with E-state index >= 15 is 0 Å². The Kier molecular flexibility index (Phi) is 5.54. The van der Waals surface area contributed by atoms with E-state index in [0.717, 1.165) is 6.07 Å². The first-order valence-corrected chi connectivity index (χ1v) is 8.31. The van der Waals surface area contributed by atoms with E-state index in [0.29, 0.717) is 31.7 Å². The molecule has 27 heavy (non-hydrogen) atoms. The molecule has 1 aliphatic rings. The summed E-state index contributed by atoms with van der Waals surface area (Å²) in [5, 5.41) is 11.6. The van der Waals surface area contributed by atoms with E-state index in [4.69, 9.17) is 10.00 Å². The first-order chi connectivity index (χ1) is 13.0. The highest BCUT2D eigenvalue weighted by molar-refractivity contribution is 5.94. The second-order valence-electron chi connectivity index (χ2n) is 6.11. The van der Waals surface area contributed by atoms with Gasteiger partial charge in [-0.15, -0.1) is 0 Å².